The van der Waals surface area contributed by atoms with Crippen LogP contribution in [0.5, 0.6) is 0 Å². The largest absolute Gasteiger partial charge is 0.380 e. The molecular weight excluding hydrogens is 218 g/mol. The van der Waals surface area contributed by atoms with Gasteiger partial charge in [-0.05, 0) is 49.7 Å². The average Bonchev–Trinajstić information content (AvgIpc) is 2.31. The average molecular weight is 245 g/mol. The van der Waals surface area contributed by atoms with Gasteiger partial charge in [-0.15, -0.1) is 0 Å². The summed E-state index contributed by atoms with van der Waals surface area (Å²) in [5.41, 5.74) is 0. The predicted octanol–water partition coefficient (Wildman–Crippen LogP) is 2.92. The van der Waals surface area contributed by atoms with Crippen LogP contribution in [0.3, 0.4) is 0 Å². The van der Waals surface area contributed by atoms with Gasteiger partial charge in [0.25, 0.3) is 0 Å². The van der Waals surface area contributed by atoms with Crippen LogP contribution in [0.2, 0.25) is 0 Å². The lowest BCUT2D eigenvalue weighted by molar-refractivity contribution is 0.104. The first-order valence-electron chi connectivity index (χ1n) is 6.75. The smallest absolute Gasteiger partial charge is 0.0619 e. The second kappa shape index (κ2) is 9.32. The van der Waals surface area contributed by atoms with Crippen molar-refractivity contribution < 1.29 is 4.74 Å². The highest BCUT2D eigenvalue weighted by Crippen LogP contribution is 2.26. The fourth-order valence-electron chi connectivity index (χ4n) is 2.25. The maximum atomic E-state index is 5.67. The Labute approximate surface area is 105 Å². The third-order valence-electron chi connectivity index (χ3n) is 3.12. The third kappa shape index (κ3) is 6.12. The van der Waals surface area contributed by atoms with E-state index in [1.54, 1.807) is 0 Å². The van der Waals surface area contributed by atoms with Crippen LogP contribution < -0.4 is 5.32 Å². The van der Waals surface area contributed by atoms with E-state index in [1.807, 2.05) is 0 Å². The molecule has 1 atom stereocenters. The van der Waals surface area contributed by atoms with Crippen molar-refractivity contribution in [3.8, 4) is 0 Å². The van der Waals surface area contributed by atoms with Crippen molar-refractivity contribution in [1.29, 1.82) is 0 Å². The molecule has 1 aliphatic rings. The SMILES string of the molecule is CCCOCC(CC1CCSCC1)NCC. The topological polar surface area (TPSA) is 21.3 Å². The Morgan fingerprint density at radius 2 is 2.06 bits per heavy atom. The van der Waals surface area contributed by atoms with Crippen LogP contribution in [0.4, 0.5) is 0 Å². The Bertz CT molecular complexity index is 160. The minimum absolute atomic E-state index is 0.574. The van der Waals surface area contributed by atoms with E-state index >= 15 is 0 Å². The number of nitrogens with one attached hydrogen (secondary N) is 1. The fourth-order valence-corrected chi connectivity index (χ4v) is 3.46. The van der Waals surface area contributed by atoms with Crippen LogP contribution in [0, 0.1) is 5.92 Å². The number of hydrogen-bond acceptors (Lipinski definition) is 3. The van der Waals surface area contributed by atoms with Crippen LogP contribution >= 0.6 is 11.8 Å². The highest BCUT2D eigenvalue weighted by atomic mass is 32.2. The van der Waals surface area contributed by atoms with E-state index in [2.05, 4.69) is 30.9 Å². The van der Waals surface area contributed by atoms with E-state index in [0.717, 1.165) is 32.1 Å². The molecule has 0 aromatic heterocycles. The van der Waals surface area contributed by atoms with Crippen LogP contribution in [-0.4, -0.2) is 37.3 Å². The molecule has 0 radical (unpaired) electrons. The molecule has 1 N–H and O–H groups in total. The summed E-state index contributed by atoms with van der Waals surface area (Å²) >= 11 is 2.11. The molecule has 0 aliphatic carbocycles. The van der Waals surface area contributed by atoms with Gasteiger partial charge in [-0.25, -0.2) is 0 Å². The molecule has 0 amide bonds. The van der Waals surface area contributed by atoms with Gasteiger partial charge in [0.2, 0.25) is 0 Å². The fraction of sp³-hybridized carbons (Fsp3) is 1.00. The van der Waals surface area contributed by atoms with Gasteiger partial charge in [0.15, 0.2) is 0 Å². The van der Waals surface area contributed by atoms with Crippen molar-refractivity contribution in [2.24, 2.45) is 5.92 Å². The molecule has 1 rings (SSSR count). The maximum absolute atomic E-state index is 5.67. The predicted molar refractivity (Wildman–Crippen MR) is 73.2 cm³/mol. The molecule has 0 aromatic rings. The number of likely N-dealkylation sites (N-methyl/N-ethyl adjacent to an activating group) is 1. The molecule has 0 bridgehead atoms. The molecule has 0 saturated carbocycles. The lowest BCUT2D eigenvalue weighted by Gasteiger charge is -2.26. The minimum Gasteiger partial charge on any atom is -0.380 e. The first kappa shape index (κ1) is 14.3. The maximum Gasteiger partial charge on any atom is 0.0619 e. The molecule has 1 heterocycles. The quantitative estimate of drug-likeness (QED) is 0.664. The van der Waals surface area contributed by atoms with E-state index < -0.39 is 0 Å². The molecule has 2 nitrogen and oxygen atoms in total. The number of hydrogen-bond donors (Lipinski definition) is 1. The summed E-state index contributed by atoms with van der Waals surface area (Å²) < 4.78 is 5.67. The molecular formula is C13H27NOS. The van der Waals surface area contributed by atoms with Gasteiger partial charge >= 0.3 is 0 Å². The Hall–Kier alpha value is 0.270. The summed E-state index contributed by atoms with van der Waals surface area (Å²) in [6.45, 7) is 7.21. The number of ether oxygens (including phenoxy) is 1. The number of rotatable bonds is 8. The summed E-state index contributed by atoms with van der Waals surface area (Å²) in [5, 5.41) is 3.56. The normalized spacial score (nSPS) is 19.9. The molecule has 96 valence electrons. The second-order valence-corrected chi connectivity index (χ2v) is 5.85. The summed E-state index contributed by atoms with van der Waals surface area (Å²) in [6, 6.07) is 0.574. The van der Waals surface area contributed by atoms with E-state index in [0.29, 0.717) is 6.04 Å². The Morgan fingerprint density at radius 3 is 2.69 bits per heavy atom. The zero-order valence-corrected chi connectivity index (χ0v) is 11.7. The van der Waals surface area contributed by atoms with Crippen molar-refractivity contribution in [3.05, 3.63) is 0 Å². The van der Waals surface area contributed by atoms with Gasteiger partial charge < -0.3 is 10.1 Å². The van der Waals surface area contributed by atoms with Crippen LogP contribution in [-0.2, 0) is 4.74 Å². The Kier molecular flexibility index (Phi) is 8.34. The minimum atomic E-state index is 0.574. The first-order valence-corrected chi connectivity index (χ1v) is 7.91. The molecule has 1 saturated heterocycles. The van der Waals surface area contributed by atoms with Crippen molar-refractivity contribution in [2.45, 2.75) is 45.6 Å². The molecule has 1 fully saturated rings. The Balaban J connectivity index is 2.19. The standard InChI is InChI=1S/C13H27NOS/c1-3-7-15-11-13(14-4-2)10-12-5-8-16-9-6-12/h12-14H,3-11H2,1-2H3. The van der Waals surface area contributed by atoms with Crippen LogP contribution in [0.25, 0.3) is 0 Å². The van der Waals surface area contributed by atoms with Gasteiger partial charge in [0.1, 0.15) is 0 Å². The van der Waals surface area contributed by atoms with Crippen LogP contribution in [0.15, 0.2) is 0 Å². The summed E-state index contributed by atoms with van der Waals surface area (Å²) in [7, 11) is 0. The summed E-state index contributed by atoms with van der Waals surface area (Å²) in [5.74, 6) is 3.65. The van der Waals surface area contributed by atoms with E-state index in [-0.39, 0.29) is 0 Å². The van der Waals surface area contributed by atoms with E-state index in [4.69, 9.17) is 4.74 Å². The van der Waals surface area contributed by atoms with Gasteiger partial charge in [0.05, 0.1) is 6.61 Å². The number of thioether (sulfide) groups is 1. The van der Waals surface area contributed by atoms with Gasteiger partial charge in [0, 0.05) is 12.6 Å². The van der Waals surface area contributed by atoms with Gasteiger partial charge in [-0.3, -0.25) is 0 Å². The van der Waals surface area contributed by atoms with Crippen molar-refractivity contribution in [1.82, 2.24) is 5.32 Å². The Morgan fingerprint density at radius 1 is 1.31 bits per heavy atom. The lowest BCUT2D eigenvalue weighted by Crippen LogP contribution is -2.36. The van der Waals surface area contributed by atoms with Crippen molar-refractivity contribution in [2.75, 3.05) is 31.3 Å². The molecule has 0 aromatic carbocycles. The molecule has 16 heavy (non-hydrogen) atoms. The van der Waals surface area contributed by atoms with Crippen LogP contribution in [0.1, 0.15) is 39.5 Å². The van der Waals surface area contributed by atoms with Crippen molar-refractivity contribution in [3.63, 3.8) is 0 Å². The molecule has 1 aliphatic heterocycles. The molecule has 0 spiro atoms. The summed E-state index contributed by atoms with van der Waals surface area (Å²) in [4.78, 5) is 0. The van der Waals surface area contributed by atoms with Gasteiger partial charge in [-0.2, -0.15) is 11.8 Å². The zero-order valence-electron chi connectivity index (χ0n) is 10.8. The van der Waals surface area contributed by atoms with Gasteiger partial charge in [-0.1, -0.05) is 13.8 Å². The monoisotopic (exact) mass is 245 g/mol. The zero-order chi connectivity index (χ0) is 11.6. The third-order valence-corrected chi connectivity index (χ3v) is 4.17. The highest BCUT2D eigenvalue weighted by molar-refractivity contribution is 7.99. The van der Waals surface area contributed by atoms with Crippen molar-refractivity contribution >= 4 is 11.8 Å². The molecule has 3 heteroatoms. The highest BCUT2D eigenvalue weighted by Gasteiger charge is 2.18. The first-order chi connectivity index (χ1) is 7.86. The second-order valence-electron chi connectivity index (χ2n) is 4.62. The summed E-state index contributed by atoms with van der Waals surface area (Å²) in [6.07, 6.45) is 5.23. The lowest BCUT2D eigenvalue weighted by atomic mass is 9.94. The van der Waals surface area contributed by atoms with E-state index in [1.165, 1.54) is 30.8 Å². The van der Waals surface area contributed by atoms with E-state index in [9.17, 15) is 0 Å². The molecule has 1 unspecified atom stereocenters.